The number of anilines is 2. The zero-order valence-electron chi connectivity index (χ0n) is 21.2. The standard InChI is InChI=1S/C30H30N6O2/c1-2-18-35(17-1)19-20-37-26-11-9-25(10-12-26)32-30-33-29-8-4-7-28(36(29)34-30)24-5-3-6-27(21-24)38-22-23-13-15-31-16-14-23/h3-16,21H,1-2,17-20,22H2,(H,32,34). The van der Waals surface area contributed by atoms with E-state index in [1.807, 2.05) is 83.4 Å². The molecule has 1 fully saturated rings. The predicted molar refractivity (Wildman–Crippen MR) is 148 cm³/mol. The molecule has 1 N–H and O–H groups in total. The van der Waals surface area contributed by atoms with Crippen LogP contribution < -0.4 is 14.8 Å². The number of ether oxygens (including phenoxy) is 2. The molecule has 192 valence electrons. The molecule has 5 aromatic rings. The van der Waals surface area contributed by atoms with Crippen LogP contribution in [0.5, 0.6) is 11.5 Å². The molecule has 0 aliphatic carbocycles. The predicted octanol–water partition coefficient (Wildman–Crippen LogP) is 5.59. The molecular weight excluding hydrogens is 476 g/mol. The quantitative estimate of drug-likeness (QED) is 0.265. The number of fused-ring (bicyclic) bond motifs is 1. The minimum Gasteiger partial charge on any atom is -0.492 e. The van der Waals surface area contributed by atoms with Gasteiger partial charge in [0, 0.05) is 30.2 Å². The molecule has 2 aromatic carbocycles. The smallest absolute Gasteiger partial charge is 0.247 e. The van der Waals surface area contributed by atoms with E-state index in [1.54, 1.807) is 12.4 Å². The van der Waals surface area contributed by atoms with Crippen LogP contribution in [0.3, 0.4) is 0 Å². The van der Waals surface area contributed by atoms with Crippen molar-refractivity contribution in [2.45, 2.75) is 19.4 Å². The average molecular weight is 507 g/mol. The first-order valence-electron chi connectivity index (χ1n) is 13.0. The lowest BCUT2D eigenvalue weighted by atomic mass is 10.1. The number of benzene rings is 2. The Morgan fingerprint density at radius 2 is 1.63 bits per heavy atom. The lowest BCUT2D eigenvalue weighted by Gasteiger charge is -2.15. The molecule has 38 heavy (non-hydrogen) atoms. The van der Waals surface area contributed by atoms with Gasteiger partial charge in [-0.2, -0.15) is 4.98 Å². The third kappa shape index (κ3) is 5.76. The Morgan fingerprint density at radius 3 is 2.47 bits per heavy atom. The van der Waals surface area contributed by atoms with Crippen LogP contribution in [0.4, 0.5) is 11.6 Å². The highest BCUT2D eigenvalue weighted by atomic mass is 16.5. The molecule has 1 saturated heterocycles. The molecule has 6 rings (SSSR count). The van der Waals surface area contributed by atoms with E-state index in [4.69, 9.17) is 14.6 Å². The third-order valence-corrected chi connectivity index (χ3v) is 6.63. The summed E-state index contributed by atoms with van der Waals surface area (Å²) >= 11 is 0. The number of hydrogen-bond acceptors (Lipinski definition) is 7. The van der Waals surface area contributed by atoms with Gasteiger partial charge < -0.3 is 14.8 Å². The Bertz CT molecular complexity index is 1480. The summed E-state index contributed by atoms with van der Waals surface area (Å²) in [6.45, 7) is 4.54. The van der Waals surface area contributed by atoms with Gasteiger partial charge in [-0.05, 0) is 92.2 Å². The number of rotatable bonds is 10. The SMILES string of the molecule is c1cc(OCc2ccncc2)cc(-c2cccc3nc(Nc4ccc(OCCN5CCCC5)cc4)nn23)c1. The molecule has 4 heterocycles. The van der Waals surface area contributed by atoms with Crippen LogP contribution in [0.15, 0.2) is 91.3 Å². The van der Waals surface area contributed by atoms with Crippen molar-refractivity contribution in [3.05, 3.63) is 96.8 Å². The van der Waals surface area contributed by atoms with Gasteiger partial charge in [-0.1, -0.05) is 18.2 Å². The highest BCUT2D eigenvalue weighted by Gasteiger charge is 2.12. The van der Waals surface area contributed by atoms with E-state index in [9.17, 15) is 0 Å². The normalized spacial score (nSPS) is 13.6. The summed E-state index contributed by atoms with van der Waals surface area (Å²) in [5.41, 5.74) is 4.66. The molecule has 0 radical (unpaired) electrons. The van der Waals surface area contributed by atoms with Crippen molar-refractivity contribution in [2.24, 2.45) is 0 Å². The van der Waals surface area contributed by atoms with E-state index < -0.39 is 0 Å². The van der Waals surface area contributed by atoms with Crippen molar-refractivity contribution in [3.63, 3.8) is 0 Å². The molecule has 1 aliphatic rings. The van der Waals surface area contributed by atoms with Crippen LogP contribution in [-0.4, -0.2) is 50.7 Å². The van der Waals surface area contributed by atoms with Crippen molar-refractivity contribution in [2.75, 3.05) is 31.6 Å². The second-order valence-corrected chi connectivity index (χ2v) is 9.33. The fourth-order valence-corrected chi connectivity index (χ4v) is 4.63. The molecule has 0 saturated carbocycles. The van der Waals surface area contributed by atoms with E-state index in [2.05, 4.69) is 20.2 Å². The molecular formula is C30H30N6O2. The van der Waals surface area contributed by atoms with E-state index in [0.717, 1.165) is 46.2 Å². The van der Waals surface area contributed by atoms with Gasteiger partial charge in [-0.15, -0.1) is 5.10 Å². The van der Waals surface area contributed by atoms with Crippen molar-refractivity contribution in [1.29, 1.82) is 0 Å². The van der Waals surface area contributed by atoms with Gasteiger partial charge in [0.05, 0.1) is 5.69 Å². The second kappa shape index (κ2) is 11.3. The van der Waals surface area contributed by atoms with Gasteiger partial charge in [0.1, 0.15) is 24.7 Å². The lowest BCUT2D eigenvalue weighted by molar-refractivity contribution is 0.238. The molecule has 0 bridgehead atoms. The molecule has 0 atom stereocenters. The van der Waals surface area contributed by atoms with Gasteiger partial charge >= 0.3 is 0 Å². The van der Waals surface area contributed by atoms with Crippen LogP contribution in [-0.2, 0) is 6.61 Å². The molecule has 0 unspecified atom stereocenters. The first-order chi connectivity index (χ1) is 18.8. The Labute approximate surface area is 221 Å². The van der Waals surface area contributed by atoms with Crippen molar-refractivity contribution in [1.82, 2.24) is 24.5 Å². The number of nitrogens with one attached hydrogen (secondary N) is 1. The number of pyridine rings is 2. The highest BCUT2D eigenvalue weighted by Crippen LogP contribution is 2.26. The van der Waals surface area contributed by atoms with Crippen LogP contribution >= 0.6 is 0 Å². The van der Waals surface area contributed by atoms with Crippen LogP contribution in [0.1, 0.15) is 18.4 Å². The number of hydrogen-bond donors (Lipinski definition) is 1. The summed E-state index contributed by atoms with van der Waals surface area (Å²) in [4.78, 5) is 11.2. The monoisotopic (exact) mass is 506 g/mol. The first-order valence-corrected chi connectivity index (χ1v) is 13.0. The number of likely N-dealkylation sites (tertiary alicyclic amines) is 1. The summed E-state index contributed by atoms with van der Waals surface area (Å²) in [7, 11) is 0. The zero-order chi connectivity index (χ0) is 25.6. The number of nitrogens with zero attached hydrogens (tertiary/aromatic N) is 5. The number of aromatic nitrogens is 4. The molecule has 0 spiro atoms. The molecule has 1 aliphatic heterocycles. The minimum absolute atomic E-state index is 0.482. The third-order valence-electron chi connectivity index (χ3n) is 6.63. The van der Waals surface area contributed by atoms with Crippen LogP contribution in [0, 0.1) is 0 Å². The van der Waals surface area contributed by atoms with Crippen molar-refractivity contribution < 1.29 is 9.47 Å². The van der Waals surface area contributed by atoms with E-state index in [-0.39, 0.29) is 0 Å². The van der Waals surface area contributed by atoms with Gasteiger partial charge in [0.25, 0.3) is 0 Å². The Morgan fingerprint density at radius 1 is 0.816 bits per heavy atom. The Kier molecular flexibility index (Phi) is 7.13. The van der Waals surface area contributed by atoms with Gasteiger partial charge in [-0.25, -0.2) is 4.52 Å². The highest BCUT2D eigenvalue weighted by molar-refractivity contribution is 5.66. The summed E-state index contributed by atoms with van der Waals surface area (Å²) < 4.78 is 13.8. The van der Waals surface area contributed by atoms with E-state index >= 15 is 0 Å². The summed E-state index contributed by atoms with van der Waals surface area (Å²) in [6.07, 6.45) is 6.13. The molecule has 3 aromatic heterocycles. The van der Waals surface area contributed by atoms with E-state index in [0.29, 0.717) is 19.2 Å². The minimum atomic E-state index is 0.482. The van der Waals surface area contributed by atoms with Crippen LogP contribution in [0.2, 0.25) is 0 Å². The Balaban J connectivity index is 1.13. The summed E-state index contributed by atoms with van der Waals surface area (Å²) in [5.74, 6) is 2.19. The summed E-state index contributed by atoms with van der Waals surface area (Å²) in [5, 5.41) is 8.05. The molecule has 0 amide bonds. The van der Waals surface area contributed by atoms with Crippen molar-refractivity contribution in [3.8, 4) is 22.8 Å². The maximum atomic E-state index is 6.01. The average Bonchev–Trinajstić information content (AvgIpc) is 3.63. The topological polar surface area (TPSA) is 76.8 Å². The summed E-state index contributed by atoms with van der Waals surface area (Å²) in [6, 6.07) is 25.8. The molecule has 8 nitrogen and oxygen atoms in total. The van der Waals surface area contributed by atoms with Gasteiger partial charge in [0.2, 0.25) is 5.95 Å². The van der Waals surface area contributed by atoms with Gasteiger partial charge in [0.15, 0.2) is 5.65 Å². The van der Waals surface area contributed by atoms with Gasteiger partial charge in [-0.3, -0.25) is 9.88 Å². The lowest BCUT2D eigenvalue weighted by Crippen LogP contribution is -2.25. The van der Waals surface area contributed by atoms with E-state index in [1.165, 1.54) is 25.9 Å². The largest absolute Gasteiger partial charge is 0.492 e. The fraction of sp³-hybridized carbons (Fsp3) is 0.233. The first kappa shape index (κ1) is 23.9. The van der Waals surface area contributed by atoms with Crippen molar-refractivity contribution >= 4 is 17.3 Å². The molecule has 8 heteroatoms. The second-order valence-electron chi connectivity index (χ2n) is 9.33. The maximum absolute atomic E-state index is 6.01. The zero-order valence-corrected chi connectivity index (χ0v) is 21.2. The Hall–Kier alpha value is -4.43. The maximum Gasteiger partial charge on any atom is 0.247 e. The van der Waals surface area contributed by atoms with Crippen LogP contribution in [0.25, 0.3) is 16.9 Å². The fourth-order valence-electron chi connectivity index (χ4n) is 4.63.